The van der Waals surface area contributed by atoms with Crippen molar-refractivity contribution in [1.82, 2.24) is 0 Å². The lowest BCUT2D eigenvalue weighted by Gasteiger charge is -2.19. The summed E-state index contributed by atoms with van der Waals surface area (Å²) in [6.45, 7) is 4.65. The zero-order valence-electron chi connectivity index (χ0n) is 6.65. The number of alkyl halides is 2. The summed E-state index contributed by atoms with van der Waals surface area (Å²) in [6, 6.07) is 0. The molecule has 0 rings (SSSR count). The number of rotatable bonds is 3. The van der Waals surface area contributed by atoms with Gasteiger partial charge in [-0.2, -0.15) is 0 Å². The highest BCUT2D eigenvalue weighted by atomic mass is 79.9. The van der Waals surface area contributed by atoms with Gasteiger partial charge in [0.1, 0.15) is 9.52 Å². The molecule has 0 aromatic heterocycles. The Morgan fingerprint density at radius 2 is 1.64 bits per heavy atom. The van der Waals surface area contributed by atoms with Crippen molar-refractivity contribution in [3.8, 4) is 0 Å². The Hall–Kier alpha value is 0.300. The first-order chi connectivity index (χ1) is 4.80. The molecule has 4 heteroatoms. The average molecular weight is 286 g/mol. The monoisotopic (exact) mass is 284 g/mol. The third kappa shape index (κ3) is 2.67. The van der Waals surface area contributed by atoms with Crippen molar-refractivity contribution in [2.75, 3.05) is 0 Å². The Labute approximate surface area is 83.0 Å². The zero-order chi connectivity index (χ0) is 9.23. The van der Waals surface area contributed by atoms with Gasteiger partial charge in [-0.15, -0.1) is 0 Å². The van der Waals surface area contributed by atoms with Gasteiger partial charge < -0.3 is 0 Å². The van der Waals surface area contributed by atoms with Gasteiger partial charge in [0.25, 0.3) is 0 Å². The van der Waals surface area contributed by atoms with Crippen LogP contribution in [0.5, 0.6) is 0 Å². The molecule has 0 aromatic carbocycles. The summed E-state index contributed by atoms with van der Waals surface area (Å²) in [5.74, 6) is -0.267. The summed E-state index contributed by atoms with van der Waals surface area (Å²) in [5.41, 5.74) is -0.891. The summed E-state index contributed by atoms with van der Waals surface area (Å²) in [5, 5.41) is 0. The molecule has 64 valence electrons. The van der Waals surface area contributed by atoms with E-state index in [2.05, 4.69) is 31.9 Å². The normalized spacial score (nSPS) is 11.8. The van der Waals surface area contributed by atoms with Crippen LogP contribution in [0.25, 0.3) is 0 Å². The molecule has 0 aliphatic carbocycles. The first-order valence-electron chi connectivity index (χ1n) is 3.13. The van der Waals surface area contributed by atoms with E-state index in [4.69, 9.17) is 0 Å². The number of carbonyl (C=O) groups is 2. The summed E-state index contributed by atoms with van der Waals surface area (Å²) in [4.78, 5) is 22.2. The number of halogens is 2. The van der Waals surface area contributed by atoms with Crippen LogP contribution in [0.4, 0.5) is 0 Å². The van der Waals surface area contributed by atoms with Crippen LogP contribution in [0.1, 0.15) is 20.8 Å². The van der Waals surface area contributed by atoms with E-state index in [0.29, 0.717) is 0 Å². The van der Waals surface area contributed by atoms with Gasteiger partial charge >= 0.3 is 0 Å². The SMILES string of the molecule is CC(=O)C(C)(C)C(=O)C(Br)Br. The van der Waals surface area contributed by atoms with Crippen molar-refractivity contribution in [2.24, 2.45) is 5.41 Å². The fourth-order valence-corrected chi connectivity index (χ4v) is 1.59. The van der Waals surface area contributed by atoms with Gasteiger partial charge in [-0.3, -0.25) is 9.59 Å². The maximum absolute atomic E-state index is 11.3. The highest BCUT2D eigenvalue weighted by Gasteiger charge is 2.35. The first kappa shape index (κ1) is 11.3. The number of Topliss-reactive ketones (excluding diaryl/α,β-unsaturated/α-hetero) is 2. The molecule has 0 saturated carbocycles. The number of carbonyl (C=O) groups excluding carboxylic acids is 2. The molecular formula is C7H10Br2O2. The maximum atomic E-state index is 11.3. The van der Waals surface area contributed by atoms with Crippen molar-refractivity contribution >= 4 is 43.4 Å². The summed E-state index contributed by atoms with van der Waals surface area (Å²) in [6.07, 6.45) is 0. The molecule has 0 aliphatic heterocycles. The smallest absolute Gasteiger partial charge is 0.170 e. The van der Waals surface area contributed by atoms with E-state index < -0.39 is 9.15 Å². The second-order valence-corrected chi connectivity index (χ2v) is 5.91. The Balaban J connectivity index is 4.56. The molecule has 0 saturated heterocycles. The van der Waals surface area contributed by atoms with E-state index in [1.807, 2.05) is 0 Å². The second-order valence-electron chi connectivity index (χ2n) is 2.85. The Kier molecular flexibility index (Phi) is 3.91. The fourth-order valence-electron chi connectivity index (χ4n) is 0.446. The Morgan fingerprint density at radius 3 is 1.73 bits per heavy atom. The van der Waals surface area contributed by atoms with E-state index in [1.165, 1.54) is 6.92 Å². The largest absolute Gasteiger partial charge is 0.299 e. The van der Waals surface area contributed by atoms with Crippen LogP contribution in [0.3, 0.4) is 0 Å². The van der Waals surface area contributed by atoms with Crippen molar-refractivity contribution in [3.05, 3.63) is 0 Å². The lowest BCUT2D eigenvalue weighted by Crippen LogP contribution is -2.34. The molecular weight excluding hydrogens is 276 g/mol. The summed E-state index contributed by atoms with van der Waals surface area (Å²) >= 11 is 6.12. The molecule has 0 unspecified atom stereocenters. The molecule has 2 nitrogen and oxygen atoms in total. The van der Waals surface area contributed by atoms with Crippen LogP contribution in [-0.4, -0.2) is 15.3 Å². The van der Waals surface area contributed by atoms with Crippen molar-refractivity contribution in [2.45, 2.75) is 24.5 Å². The number of ketones is 2. The minimum Gasteiger partial charge on any atom is -0.299 e. The Bertz CT molecular complexity index is 185. The van der Waals surface area contributed by atoms with Crippen LogP contribution in [0.2, 0.25) is 0 Å². The second kappa shape index (κ2) is 3.81. The van der Waals surface area contributed by atoms with Crippen LogP contribution >= 0.6 is 31.9 Å². The fraction of sp³-hybridized carbons (Fsp3) is 0.714. The molecule has 11 heavy (non-hydrogen) atoms. The average Bonchev–Trinajstić information content (AvgIpc) is 1.85. The van der Waals surface area contributed by atoms with Crippen LogP contribution in [0.15, 0.2) is 0 Å². The summed E-state index contributed by atoms with van der Waals surface area (Å²) in [7, 11) is 0. The standard InChI is InChI=1S/C7H10Br2O2/c1-4(10)7(2,3)5(11)6(8)9/h6H,1-3H3. The molecule has 0 radical (unpaired) electrons. The number of hydrogen-bond acceptors (Lipinski definition) is 2. The van der Waals surface area contributed by atoms with Crippen molar-refractivity contribution in [3.63, 3.8) is 0 Å². The lowest BCUT2D eigenvalue weighted by molar-refractivity contribution is -0.136. The van der Waals surface area contributed by atoms with E-state index in [0.717, 1.165) is 0 Å². The van der Waals surface area contributed by atoms with Gasteiger partial charge in [0.15, 0.2) is 5.78 Å². The van der Waals surface area contributed by atoms with Gasteiger partial charge in [-0.05, 0) is 20.8 Å². The minimum absolute atomic E-state index is 0.119. The topological polar surface area (TPSA) is 34.1 Å². The van der Waals surface area contributed by atoms with Crippen molar-refractivity contribution in [1.29, 1.82) is 0 Å². The molecule has 0 atom stereocenters. The van der Waals surface area contributed by atoms with Crippen molar-refractivity contribution < 1.29 is 9.59 Å². The lowest BCUT2D eigenvalue weighted by atomic mass is 9.85. The Morgan fingerprint density at radius 1 is 1.27 bits per heavy atom. The van der Waals surface area contributed by atoms with E-state index in [9.17, 15) is 9.59 Å². The van der Waals surface area contributed by atoms with Gasteiger partial charge in [0.2, 0.25) is 0 Å². The highest BCUT2D eigenvalue weighted by molar-refractivity contribution is 9.25. The van der Waals surface area contributed by atoms with Gasteiger partial charge in [0.05, 0.1) is 5.41 Å². The molecule has 0 heterocycles. The third-order valence-corrected chi connectivity index (χ3v) is 2.53. The molecule has 0 aromatic rings. The van der Waals surface area contributed by atoms with Gasteiger partial charge in [0, 0.05) is 0 Å². The van der Waals surface area contributed by atoms with E-state index >= 15 is 0 Å². The van der Waals surface area contributed by atoms with Gasteiger partial charge in [-0.25, -0.2) is 0 Å². The van der Waals surface area contributed by atoms with E-state index in [1.54, 1.807) is 13.8 Å². The molecule has 0 aliphatic rings. The van der Waals surface area contributed by atoms with Crippen LogP contribution in [0, 0.1) is 5.41 Å². The molecule has 0 amide bonds. The molecule has 0 bridgehead atoms. The first-order valence-corrected chi connectivity index (χ1v) is 4.96. The predicted molar refractivity (Wildman–Crippen MR) is 51.1 cm³/mol. The molecule has 0 N–H and O–H groups in total. The van der Waals surface area contributed by atoms with E-state index in [-0.39, 0.29) is 11.6 Å². The quantitative estimate of drug-likeness (QED) is 0.589. The number of hydrogen-bond donors (Lipinski definition) is 0. The van der Waals surface area contributed by atoms with Crippen LogP contribution in [-0.2, 0) is 9.59 Å². The van der Waals surface area contributed by atoms with Crippen LogP contribution < -0.4 is 0 Å². The minimum atomic E-state index is -0.891. The zero-order valence-corrected chi connectivity index (χ0v) is 9.82. The van der Waals surface area contributed by atoms with Gasteiger partial charge in [-0.1, -0.05) is 31.9 Å². The molecule has 0 spiro atoms. The maximum Gasteiger partial charge on any atom is 0.170 e. The highest BCUT2D eigenvalue weighted by Crippen LogP contribution is 2.25. The summed E-state index contributed by atoms with van der Waals surface area (Å²) < 4.78 is -0.436. The predicted octanol–water partition coefficient (Wildman–Crippen LogP) is 2.29. The third-order valence-electron chi connectivity index (χ3n) is 1.69. The molecule has 0 fully saturated rings.